The summed E-state index contributed by atoms with van der Waals surface area (Å²) in [5, 5.41) is 3.03. The first kappa shape index (κ1) is 21.6. The minimum absolute atomic E-state index is 0.00959. The van der Waals surface area contributed by atoms with Gasteiger partial charge in [0.05, 0.1) is 6.54 Å². The zero-order valence-electron chi connectivity index (χ0n) is 18.3. The molecule has 31 heavy (non-hydrogen) atoms. The van der Waals surface area contributed by atoms with Crippen molar-refractivity contribution in [1.82, 2.24) is 4.90 Å². The second-order valence-electron chi connectivity index (χ2n) is 8.78. The van der Waals surface area contributed by atoms with Gasteiger partial charge in [-0.1, -0.05) is 43.2 Å². The number of ketones is 1. The van der Waals surface area contributed by atoms with Crippen LogP contribution in [0, 0.1) is 5.92 Å². The van der Waals surface area contributed by atoms with Crippen LogP contribution < -0.4 is 10.2 Å². The number of piperidine rings is 1. The molecule has 1 amide bonds. The molecule has 164 valence electrons. The zero-order chi connectivity index (χ0) is 21.5. The predicted octanol–water partition coefficient (Wildman–Crippen LogP) is 4.60. The Morgan fingerprint density at radius 1 is 0.806 bits per heavy atom. The Hall–Kier alpha value is -2.66. The quantitative estimate of drug-likeness (QED) is 0.695. The predicted molar refractivity (Wildman–Crippen MR) is 126 cm³/mol. The lowest BCUT2D eigenvalue weighted by Gasteiger charge is -2.30. The largest absolute Gasteiger partial charge is 0.372 e. The van der Waals surface area contributed by atoms with Crippen LogP contribution in [0.4, 0.5) is 11.4 Å². The summed E-state index contributed by atoms with van der Waals surface area (Å²) in [5.74, 6) is 0.304. The number of Topliss-reactive ketones (excluding diaryl/α,β-unsaturated/α-hetero) is 1. The fourth-order valence-electron chi connectivity index (χ4n) is 4.68. The first-order valence-electron chi connectivity index (χ1n) is 11.7. The number of nitrogens with one attached hydrogen (secondary N) is 1. The minimum atomic E-state index is 0.00959. The first-order valence-corrected chi connectivity index (χ1v) is 11.7. The van der Waals surface area contributed by atoms with Crippen LogP contribution in [0.3, 0.4) is 0 Å². The number of rotatable bonds is 6. The van der Waals surface area contributed by atoms with Gasteiger partial charge in [0.1, 0.15) is 0 Å². The molecule has 2 fully saturated rings. The van der Waals surface area contributed by atoms with Crippen molar-refractivity contribution in [3.63, 3.8) is 0 Å². The second-order valence-corrected chi connectivity index (χ2v) is 8.78. The van der Waals surface area contributed by atoms with Crippen molar-refractivity contribution in [2.24, 2.45) is 5.92 Å². The van der Waals surface area contributed by atoms with Crippen LogP contribution in [-0.4, -0.2) is 49.3 Å². The van der Waals surface area contributed by atoms with Crippen LogP contribution in [0.5, 0.6) is 0 Å². The summed E-state index contributed by atoms with van der Waals surface area (Å²) in [6, 6.07) is 17.8. The fourth-order valence-corrected chi connectivity index (χ4v) is 4.68. The third kappa shape index (κ3) is 5.95. The molecule has 2 aliphatic rings. The SMILES string of the molecule is O=C(CN1CCC(C(=O)c2ccccc2)CC1)Nc1ccc(N2CCCCCC2)cc1. The first-order chi connectivity index (χ1) is 15.2. The van der Waals surface area contributed by atoms with E-state index in [4.69, 9.17) is 0 Å². The van der Waals surface area contributed by atoms with E-state index in [-0.39, 0.29) is 17.6 Å². The van der Waals surface area contributed by atoms with E-state index < -0.39 is 0 Å². The van der Waals surface area contributed by atoms with Crippen molar-refractivity contribution in [1.29, 1.82) is 0 Å². The molecule has 1 N–H and O–H groups in total. The zero-order valence-corrected chi connectivity index (χ0v) is 18.3. The summed E-state index contributed by atoms with van der Waals surface area (Å²) < 4.78 is 0. The molecule has 0 aliphatic carbocycles. The van der Waals surface area contributed by atoms with Gasteiger partial charge >= 0.3 is 0 Å². The van der Waals surface area contributed by atoms with Gasteiger partial charge in [-0.3, -0.25) is 14.5 Å². The molecule has 5 heteroatoms. The van der Waals surface area contributed by atoms with E-state index >= 15 is 0 Å². The van der Waals surface area contributed by atoms with Gasteiger partial charge in [-0.15, -0.1) is 0 Å². The number of anilines is 2. The molecule has 0 radical (unpaired) electrons. The topological polar surface area (TPSA) is 52.7 Å². The Morgan fingerprint density at radius 2 is 1.45 bits per heavy atom. The summed E-state index contributed by atoms with van der Waals surface area (Å²) in [5.41, 5.74) is 2.88. The average Bonchev–Trinajstić information content (AvgIpc) is 3.10. The van der Waals surface area contributed by atoms with Crippen LogP contribution >= 0.6 is 0 Å². The Kier molecular flexibility index (Phi) is 7.36. The standard InChI is InChI=1S/C26H33N3O2/c30-25(27-23-10-12-24(13-11-23)29-16-6-1-2-7-17-29)20-28-18-14-22(15-19-28)26(31)21-8-4-3-5-9-21/h3-5,8-13,22H,1-2,6-7,14-20H2,(H,27,30). The highest BCUT2D eigenvalue weighted by atomic mass is 16.2. The molecule has 2 aromatic rings. The van der Waals surface area contributed by atoms with Crippen molar-refractivity contribution in [2.75, 3.05) is 42.9 Å². The molecule has 4 rings (SSSR count). The van der Waals surface area contributed by atoms with Gasteiger partial charge in [-0.25, -0.2) is 0 Å². The highest BCUT2D eigenvalue weighted by Crippen LogP contribution is 2.23. The molecule has 0 saturated carbocycles. The molecule has 0 spiro atoms. The maximum atomic E-state index is 12.6. The molecule has 0 atom stereocenters. The number of amides is 1. The number of nitrogens with zero attached hydrogens (tertiary/aromatic N) is 2. The molecular formula is C26H33N3O2. The highest BCUT2D eigenvalue weighted by Gasteiger charge is 2.26. The van der Waals surface area contributed by atoms with Crippen molar-refractivity contribution >= 4 is 23.1 Å². The number of hydrogen-bond acceptors (Lipinski definition) is 4. The summed E-state index contributed by atoms with van der Waals surface area (Å²) in [7, 11) is 0. The van der Waals surface area contributed by atoms with Crippen LogP contribution in [0.15, 0.2) is 54.6 Å². The van der Waals surface area contributed by atoms with E-state index in [2.05, 4.69) is 27.2 Å². The van der Waals surface area contributed by atoms with Gasteiger partial charge in [0.25, 0.3) is 0 Å². The maximum absolute atomic E-state index is 12.6. The van der Waals surface area contributed by atoms with Crippen LogP contribution in [0.1, 0.15) is 48.9 Å². The van der Waals surface area contributed by atoms with Crippen molar-refractivity contribution in [2.45, 2.75) is 38.5 Å². The molecule has 0 aromatic heterocycles. The number of carbonyl (C=O) groups is 2. The lowest BCUT2D eigenvalue weighted by atomic mass is 9.89. The minimum Gasteiger partial charge on any atom is -0.372 e. The second kappa shape index (κ2) is 10.6. The normalized spacial score (nSPS) is 18.4. The molecule has 2 aliphatic heterocycles. The van der Waals surface area contributed by atoms with E-state index in [1.165, 1.54) is 31.4 Å². The summed E-state index contributed by atoms with van der Waals surface area (Å²) in [4.78, 5) is 29.7. The smallest absolute Gasteiger partial charge is 0.238 e. The lowest BCUT2D eigenvalue weighted by molar-refractivity contribution is -0.117. The molecule has 2 saturated heterocycles. The fraction of sp³-hybridized carbons (Fsp3) is 0.462. The Morgan fingerprint density at radius 3 is 2.10 bits per heavy atom. The van der Waals surface area contributed by atoms with Crippen LogP contribution in [0.2, 0.25) is 0 Å². The van der Waals surface area contributed by atoms with E-state index in [9.17, 15) is 9.59 Å². The van der Waals surface area contributed by atoms with E-state index in [0.29, 0.717) is 6.54 Å². The number of carbonyl (C=O) groups excluding carboxylic acids is 2. The van der Waals surface area contributed by atoms with Gasteiger partial charge < -0.3 is 10.2 Å². The number of benzene rings is 2. The highest BCUT2D eigenvalue weighted by molar-refractivity contribution is 5.98. The van der Waals surface area contributed by atoms with E-state index in [0.717, 1.165) is 50.3 Å². The average molecular weight is 420 g/mol. The molecule has 2 heterocycles. The van der Waals surface area contributed by atoms with Gasteiger partial charge in [-0.2, -0.15) is 0 Å². The Balaban J connectivity index is 1.23. The third-order valence-electron chi connectivity index (χ3n) is 6.51. The molecule has 0 unspecified atom stereocenters. The van der Waals surface area contributed by atoms with E-state index in [1.54, 1.807) is 0 Å². The Bertz CT molecular complexity index is 850. The molecule has 0 bridgehead atoms. The van der Waals surface area contributed by atoms with Crippen molar-refractivity contribution in [3.8, 4) is 0 Å². The number of hydrogen-bond donors (Lipinski definition) is 1. The summed E-state index contributed by atoms with van der Waals surface area (Å²) in [6.45, 7) is 4.18. The van der Waals surface area contributed by atoms with Gasteiger partial charge in [0, 0.05) is 35.9 Å². The molecule has 5 nitrogen and oxygen atoms in total. The Labute approximate surface area is 185 Å². The maximum Gasteiger partial charge on any atom is 0.238 e. The third-order valence-corrected chi connectivity index (χ3v) is 6.51. The van der Waals surface area contributed by atoms with E-state index in [1.807, 2.05) is 42.5 Å². The monoisotopic (exact) mass is 419 g/mol. The van der Waals surface area contributed by atoms with Crippen molar-refractivity contribution in [3.05, 3.63) is 60.2 Å². The van der Waals surface area contributed by atoms with Crippen LogP contribution in [0.25, 0.3) is 0 Å². The van der Waals surface area contributed by atoms with Crippen LogP contribution in [-0.2, 0) is 4.79 Å². The summed E-state index contributed by atoms with van der Waals surface area (Å²) >= 11 is 0. The summed E-state index contributed by atoms with van der Waals surface area (Å²) in [6.07, 6.45) is 6.78. The number of likely N-dealkylation sites (tertiary alicyclic amines) is 1. The van der Waals surface area contributed by atoms with Gasteiger partial charge in [0.2, 0.25) is 5.91 Å². The molecular weight excluding hydrogens is 386 g/mol. The lowest BCUT2D eigenvalue weighted by Crippen LogP contribution is -2.40. The van der Waals surface area contributed by atoms with Crippen molar-refractivity contribution < 1.29 is 9.59 Å². The molecule has 2 aromatic carbocycles. The van der Waals surface area contributed by atoms with Gasteiger partial charge in [0.15, 0.2) is 5.78 Å². The van der Waals surface area contributed by atoms with Gasteiger partial charge in [-0.05, 0) is 63.0 Å².